The fourth-order valence-electron chi connectivity index (χ4n) is 3.93. The van der Waals surface area contributed by atoms with E-state index in [1.165, 1.54) is 14.2 Å². The number of benzene rings is 2. The number of amides is 1. The molecule has 2 aromatic carbocycles. The Kier molecular flexibility index (Phi) is 4.20. The van der Waals surface area contributed by atoms with Crippen LogP contribution in [0.1, 0.15) is 24.8 Å². The first kappa shape index (κ1) is 18.8. The zero-order chi connectivity index (χ0) is 20.3. The second-order valence-electron chi connectivity index (χ2n) is 6.92. The molecule has 0 radical (unpaired) electrons. The minimum atomic E-state index is -4.46. The molecule has 0 N–H and O–H groups in total. The Bertz CT molecular complexity index is 1080. The zero-order valence-electron chi connectivity index (χ0n) is 15.3. The number of ether oxygens (including phenoxy) is 1. The van der Waals surface area contributed by atoms with Gasteiger partial charge in [-0.25, -0.2) is 22.2 Å². The molecule has 28 heavy (non-hydrogen) atoms. The van der Waals surface area contributed by atoms with Gasteiger partial charge in [0.25, 0.3) is 15.9 Å². The van der Waals surface area contributed by atoms with Crippen molar-refractivity contribution >= 4 is 21.6 Å². The van der Waals surface area contributed by atoms with Gasteiger partial charge in [-0.3, -0.25) is 4.79 Å². The van der Waals surface area contributed by atoms with Crippen LogP contribution in [0.4, 0.5) is 14.5 Å². The molecule has 0 unspecified atom stereocenters. The van der Waals surface area contributed by atoms with Crippen LogP contribution in [0.2, 0.25) is 0 Å². The number of anilines is 1. The Hall–Kier alpha value is -2.52. The van der Waals surface area contributed by atoms with E-state index >= 15 is 0 Å². The van der Waals surface area contributed by atoms with Crippen molar-refractivity contribution in [3.63, 3.8) is 0 Å². The first-order valence-electron chi connectivity index (χ1n) is 8.70. The Morgan fingerprint density at radius 2 is 1.89 bits per heavy atom. The standard InChI is InChI=1S/C19H18F2N2O4S/c1-22(28(25,26)16-8-7-12(20)11-14(16)21)23-17-13(5-3-6-15(17)27-2)19(18(23)24)9-4-10-19/h3,5-8,11H,4,9-10H2,1-2H3. The van der Waals surface area contributed by atoms with E-state index in [4.69, 9.17) is 4.74 Å². The van der Waals surface area contributed by atoms with Crippen LogP contribution in [-0.2, 0) is 20.2 Å². The molecule has 1 fully saturated rings. The van der Waals surface area contributed by atoms with Gasteiger partial charge in [-0.05, 0) is 36.6 Å². The highest BCUT2D eigenvalue weighted by Crippen LogP contribution is 2.56. The van der Waals surface area contributed by atoms with Crippen LogP contribution in [0, 0.1) is 11.6 Å². The predicted molar refractivity (Wildman–Crippen MR) is 97.3 cm³/mol. The average molecular weight is 408 g/mol. The van der Waals surface area contributed by atoms with Crippen molar-refractivity contribution in [1.82, 2.24) is 4.41 Å². The molecule has 0 aromatic heterocycles. The van der Waals surface area contributed by atoms with Gasteiger partial charge in [0, 0.05) is 13.1 Å². The fourth-order valence-corrected chi connectivity index (χ4v) is 5.13. The summed E-state index contributed by atoms with van der Waals surface area (Å²) >= 11 is 0. The van der Waals surface area contributed by atoms with Crippen LogP contribution < -0.4 is 9.75 Å². The smallest absolute Gasteiger partial charge is 0.263 e. The largest absolute Gasteiger partial charge is 0.495 e. The Labute approximate surface area is 161 Å². The summed E-state index contributed by atoms with van der Waals surface area (Å²) in [6.45, 7) is 0. The number of carbonyl (C=O) groups excluding carboxylic acids is 1. The van der Waals surface area contributed by atoms with Gasteiger partial charge in [-0.1, -0.05) is 18.6 Å². The molecule has 0 atom stereocenters. The highest BCUT2D eigenvalue weighted by molar-refractivity contribution is 7.89. The van der Waals surface area contributed by atoms with E-state index < -0.39 is 37.9 Å². The molecule has 1 heterocycles. The molecule has 1 aliphatic heterocycles. The van der Waals surface area contributed by atoms with Crippen LogP contribution in [0.25, 0.3) is 0 Å². The Morgan fingerprint density at radius 1 is 1.18 bits per heavy atom. The van der Waals surface area contributed by atoms with Crippen molar-refractivity contribution in [2.24, 2.45) is 0 Å². The summed E-state index contributed by atoms with van der Waals surface area (Å²) in [6.07, 6.45) is 2.04. The van der Waals surface area contributed by atoms with Crippen molar-refractivity contribution < 1.29 is 26.7 Å². The minimum absolute atomic E-state index is 0.336. The minimum Gasteiger partial charge on any atom is -0.495 e. The SMILES string of the molecule is COc1cccc2c1N(N(C)S(=O)(=O)c1ccc(F)cc1F)C(=O)C21CCC1. The van der Waals surface area contributed by atoms with E-state index in [-0.39, 0.29) is 0 Å². The number of hydrogen-bond acceptors (Lipinski definition) is 4. The van der Waals surface area contributed by atoms with Crippen molar-refractivity contribution in [1.29, 1.82) is 0 Å². The van der Waals surface area contributed by atoms with E-state index in [0.717, 1.165) is 23.6 Å². The van der Waals surface area contributed by atoms with E-state index in [2.05, 4.69) is 0 Å². The topological polar surface area (TPSA) is 66.9 Å². The third-order valence-electron chi connectivity index (χ3n) is 5.56. The van der Waals surface area contributed by atoms with Gasteiger partial charge >= 0.3 is 0 Å². The molecule has 2 aromatic rings. The highest BCUT2D eigenvalue weighted by Gasteiger charge is 2.57. The first-order valence-corrected chi connectivity index (χ1v) is 10.1. The van der Waals surface area contributed by atoms with Crippen molar-refractivity contribution in [2.45, 2.75) is 29.6 Å². The predicted octanol–water partition coefficient (Wildman–Crippen LogP) is 2.98. The van der Waals surface area contributed by atoms with Gasteiger partial charge in [0.1, 0.15) is 28.0 Å². The normalized spacial score (nSPS) is 17.8. The lowest BCUT2D eigenvalue weighted by Gasteiger charge is -2.37. The summed E-state index contributed by atoms with van der Waals surface area (Å²) in [4.78, 5) is 12.6. The zero-order valence-corrected chi connectivity index (χ0v) is 16.1. The summed E-state index contributed by atoms with van der Waals surface area (Å²) in [5.41, 5.74) is 0.239. The number of hydrogen-bond donors (Lipinski definition) is 0. The second kappa shape index (κ2) is 6.25. The molecule has 0 saturated heterocycles. The van der Waals surface area contributed by atoms with Gasteiger partial charge in [-0.15, -0.1) is 4.41 Å². The lowest BCUT2D eigenvalue weighted by atomic mass is 9.65. The van der Waals surface area contributed by atoms with Gasteiger partial charge in [-0.2, -0.15) is 0 Å². The maximum absolute atomic E-state index is 14.2. The lowest BCUT2D eigenvalue weighted by Crippen LogP contribution is -2.52. The summed E-state index contributed by atoms with van der Waals surface area (Å²) < 4.78 is 59.6. The quantitative estimate of drug-likeness (QED) is 0.780. The van der Waals surface area contributed by atoms with E-state index in [0.29, 0.717) is 40.3 Å². The number of fused-ring (bicyclic) bond motifs is 2. The van der Waals surface area contributed by atoms with Crippen molar-refractivity contribution in [3.05, 3.63) is 53.6 Å². The summed E-state index contributed by atoms with van der Waals surface area (Å²) in [6, 6.07) is 7.37. The molecular formula is C19H18F2N2O4S. The number of sulfonamides is 1. The van der Waals surface area contributed by atoms with Crippen LogP contribution in [0.3, 0.4) is 0 Å². The van der Waals surface area contributed by atoms with Gasteiger partial charge in [0.05, 0.1) is 12.5 Å². The third-order valence-corrected chi connectivity index (χ3v) is 7.30. The molecule has 1 spiro atoms. The maximum atomic E-state index is 14.2. The average Bonchev–Trinajstić information content (AvgIpc) is 2.88. The molecular weight excluding hydrogens is 390 g/mol. The second-order valence-corrected chi connectivity index (χ2v) is 8.84. The third kappa shape index (κ3) is 2.39. The molecule has 148 valence electrons. The highest BCUT2D eigenvalue weighted by atomic mass is 32.2. The number of halogens is 2. The Balaban J connectivity index is 1.86. The van der Waals surface area contributed by atoms with Crippen LogP contribution >= 0.6 is 0 Å². The van der Waals surface area contributed by atoms with Crippen LogP contribution in [-0.4, -0.2) is 32.9 Å². The monoisotopic (exact) mass is 408 g/mol. The summed E-state index contributed by atoms with van der Waals surface area (Å²) in [7, 11) is -1.86. The van der Waals surface area contributed by atoms with Crippen molar-refractivity contribution in [3.8, 4) is 5.75 Å². The number of para-hydroxylation sites is 1. The molecule has 1 saturated carbocycles. The summed E-state index contributed by atoms with van der Waals surface area (Å²) in [5, 5.41) is 1.03. The molecule has 0 bridgehead atoms. The molecule has 2 aliphatic rings. The first-order chi connectivity index (χ1) is 13.2. The Morgan fingerprint density at radius 3 is 2.46 bits per heavy atom. The van der Waals surface area contributed by atoms with Gasteiger partial charge in [0.2, 0.25) is 0 Å². The molecule has 9 heteroatoms. The van der Waals surface area contributed by atoms with E-state index in [1.54, 1.807) is 18.2 Å². The maximum Gasteiger partial charge on any atom is 0.263 e. The van der Waals surface area contributed by atoms with Gasteiger partial charge < -0.3 is 4.74 Å². The fraction of sp³-hybridized carbons (Fsp3) is 0.316. The van der Waals surface area contributed by atoms with E-state index in [9.17, 15) is 22.0 Å². The number of rotatable bonds is 4. The molecule has 1 amide bonds. The van der Waals surface area contributed by atoms with Crippen molar-refractivity contribution in [2.75, 3.05) is 19.2 Å². The summed E-state index contributed by atoms with van der Waals surface area (Å²) in [5.74, 6) is -2.17. The van der Waals surface area contributed by atoms with Crippen LogP contribution in [0.15, 0.2) is 41.3 Å². The number of methoxy groups -OCH3 is 1. The number of nitrogens with zero attached hydrogens (tertiary/aromatic N) is 2. The van der Waals surface area contributed by atoms with Gasteiger partial charge in [0.15, 0.2) is 0 Å². The van der Waals surface area contributed by atoms with Crippen LogP contribution in [0.5, 0.6) is 5.75 Å². The lowest BCUT2D eigenvalue weighted by molar-refractivity contribution is -0.127. The molecule has 4 rings (SSSR count). The van der Waals surface area contributed by atoms with E-state index in [1.807, 2.05) is 0 Å². The number of hydrazine groups is 1. The number of carbonyl (C=O) groups is 1. The molecule has 6 nitrogen and oxygen atoms in total. The molecule has 1 aliphatic carbocycles.